The maximum Gasteiger partial charge on any atom is 0.305 e. The summed E-state index contributed by atoms with van der Waals surface area (Å²) in [7, 11) is -8.55. The molecule has 0 saturated carbocycles. The van der Waals surface area contributed by atoms with Gasteiger partial charge in [-0.05, 0) is 90.6 Å². The molecule has 0 spiro atoms. The summed E-state index contributed by atoms with van der Waals surface area (Å²) in [5, 5.41) is 35.0. The Morgan fingerprint density at radius 2 is 1.38 bits per heavy atom. The standard InChI is InChI=1S/C32H35F2N3O8S2/c1-19(2)30-32(47(44,45)36-24-11-13-27(14-12-24)46(35,42)43)29(20-3-7-22(33)8-4-20)31(21-5-9-23(34)10-6-21)37(30)16-15-25(38)17-26(39)18-28(40)41/h3-14,19,25-26,36,38-39H,15-18H2,1-2H3,(H,40,41)(H2,35,42,43)/t25-,26-/m1/s1. The van der Waals surface area contributed by atoms with Crippen molar-refractivity contribution in [1.29, 1.82) is 0 Å². The van der Waals surface area contributed by atoms with E-state index >= 15 is 0 Å². The highest BCUT2D eigenvalue weighted by Crippen LogP contribution is 2.45. The van der Waals surface area contributed by atoms with Crippen LogP contribution < -0.4 is 9.86 Å². The number of carboxylic acid groups (broad SMARTS) is 1. The second kappa shape index (κ2) is 14.3. The van der Waals surface area contributed by atoms with Crippen molar-refractivity contribution < 1.29 is 45.7 Å². The molecule has 11 nitrogen and oxygen atoms in total. The number of aliphatic carboxylic acids is 1. The number of anilines is 1. The van der Waals surface area contributed by atoms with Crippen LogP contribution in [0.15, 0.2) is 82.6 Å². The zero-order valence-electron chi connectivity index (χ0n) is 25.5. The molecule has 47 heavy (non-hydrogen) atoms. The number of nitrogens with two attached hydrogens (primary N) is 1. The van der Waals surface area contributed by atoms with Crippen molar-refractivity contribution in [3.05, 3.63) is 90.1 Å². The smallest absolute Gasteiger partial charge is 0.305 e. The van der Waals surface area contributed by atoms with Crippen molar-refractivity contribution in [1.82, 2.24) is 4.57 Å². The Labute approximate surface area is 271 Å². The van der Waals surface area contributed by atoms with E-state index in [2.05, 4.69) is 4.72 Å². The largest absolute Gasteiger partial charge is 0.481 e. The van der Waals surface area contributed by atoms with E-state index < -0.39 is 62.2 Å². The van der Waals surface area contributed by atoms with Gasteiger partial charge in [-0.25, -0.2) is 30.8 Å². The summed E-state index contributed by atoms with van der Waals surface area (Å²) in [6.07, 6.45) is -3.33. The number of nitrogens with zero attached hydrogens (tertiary/aromatic N) is 1. The number of benzene rings is 3. The van der Waals surface area contributed by atoms with Gasteiger partial charge in [0.1, 0.15) is 16.5 Å². The molecule has 1 aromatic heterocycles. The first-order chi connectivity index (χ1) is 22.0. The van der Waals surface area contributed by atoms with Crippen molar-refractivity contribution in [3.63, 3.8) is 0 Å². The lowest BCUT2D eigenvalue weighted by atomic mass is 10.00. The molecule has 1 heterocycles. The molecule has 6 N–H and O–H groups in total. The van der Waals surface area contributed by atoms with Gasteiger partial charge in [-0.3, -0.25) is 9.52 Å². The van der Waals surface area contributed by atoms with Crippen LogP contribution in [0.25, 0.3) is 22.4 Å². The second-order valence-electron chi connectivity index (χ2n) is 11.4. The van der Waals surface area contributed by atoms with Crippen LogP contribution in [0.1, 0.15) is 44.7 Å². The molecule has 0 bridgehead atoms. The molecule has 0 saturated heterocycles. The van der Waals surface area contributed by atoms with E-state index in [-0.39, 0.29) is 46.1 Å². The number of aromatic nitrogens is 1. The quantitative estimate of drug-likeness (QED) is 0.126. The highest BCUT2D eigenvalue weighted by Gasteiger charge is 2.34. The summed E-state index contributed by atoms with van der Waals surface area (Å²) in [6.45, 7) is 3.50. The van der Waals surface area contributed by atoms with E-state index in [4.69, 9.17) is 10.2 Å². The molecular formula is C32H35F2N3O8S2. The number of hydrogen-bond acceptors (Lipinski definition) is 7. The van der Waals surface area contributed by atoms with Crippen LogP contribution in [0.4, 0.5) is 14.5 Å². The van der Waals surface area contributed by atoms with Crippen molar-refractivity contribution in [2.24, 2.45) is 5.14 Å². The predicted octanol–water partition coefficient (Wildman–Crippen LogP) is 4.65. The molecule has 0 unspecified atom stereocenters. The molecule has 15 heteroatoms. The number of hydrogen-bond donors (Lipinski definition) is 5. The minimum atomic E-state index is -4.50. The summed E-state index contributed by atoms with van der Waals surface area (Å²) in [5.41, 5.74) is 1.52. The average molecular weight is 692 g/mol. The number of rotatable bonds is 14. The van der Waals surface area contributed by atoms with Crippen molar-refractivity contribution in [3.8, 4) is 22.4 Å². The predicted molar refractivity (Wildman–Crippen MR) is 171 cm³/mol. The summed E-state index contributed by atoms with van der Waals surface area (Å²) in [6, 6.07) is 15.2. The Bertz CT molecular complexity index is 1950. The Morgan fingerprint density at radius 3 is 1.87 bits per heavy atom. The molecule has 252 valence electrons. The van der Waals surface area contributed by atoms with E-state index in [1.54, 1.807) is 18.4 Å². The number of sulfonamides is 2. The SMILES string of the molecule is CC(C)c1c(S(=O)(=O)Nc2ccc(S(N)(=O)=O)cc2)c(-c2ccc(F)cc2)c(-c2ccc(F)cc2)n1CC[C@@H](O)C[C@@H](O)CC(=O)O. The maximum atomic E-state index is 14.4. The fourth-order valence-electron chi connectivity index (χ4n) is 5.40. The third-order valence-corrected chi connectivity index (χ3v) is 9.78. The van der Waals surface area contributed by atoms with Crippen LogP contribution in [0.3, 0.4) is 0 Å². The molecule has 0 radical (unpaired) electrons. The van der Waals surface area contributed by atoms with Gasteiger partial charge in [0.05, 0.1) is 29.2 Å². The number of nitrogens with one attached hydrogen (secondary N) is 1. The summed E-state index contributed by atoms with van der Waals surface area (Å²) >= 11 is 0. The first-order valence-corrected chi connectivity index (χ1v) is 17.5. The Balaban J connectivity index is 1.96. The van der Waals surface area contributed by atoms with Crippen molar-refractivity contribution in [2.45, 2.75) is 67.6 Å². The van der Waals surface area contributed by atoms with E-state index in [1.807, 2.05) is 0 Å². The lowest BCUT2D eigenvalue weighted by molar-refractivity contribution is -0.139. The number of halogens is 2. The van der Waals surface area contributed by atoms with Gasteiger partial charge in [-0.2, -0.15) is 0 Å². The molecule has 0 aliphatic rings. The van der Waals surface area contributed by atoms with E-state index in [1.165, 1.54) is 60.7 Å². The topological polar surface area (TPSA) is 189 Å². The van der Waals surface area contributed by atoms with E-state index in [0.717, 1.165) is 12.1 Å². The van der Waals surface area contributed by atoms with Crippen LogP contribution in [-0.4, -0.2) is 54.9 Å². The summed E-state index contributed by atoms with van der Waals surface area (Å²) < 4.78 is 84.6. The lowest BCUT2D eigenvalue weighted by Crippen LogP contribution is -2.22. The maximum absolute atomic E-state index is 14.4. The minimum Gasteiger partial charge on any atom is -0.481 e. The molecule has 0 aliphatic carbocycles. The lowest BCUT2D eigenvalue weighted by Gasteiger charge is -2.20. The van der Waals surface area contributed by atoms with Gasteiger partial charge >= 0.3 is 5.97 Å². The van der Waals surface area contributed by atoms with Gasteiger partial charge in [0, 0.05) is 23.5 Å². The van der Waals surface area contributed by atoms with Gasteiger partial charge in [-0.15, -0.1) is 0 Å². The molecule has 2 atom stereocenters. The van der Waals surface area contributed by atoms with Gasteiger partial charge < -0.3 is 19.9 Å². The number of aliphatic hydroxyl groups excluding tert-OH is 2. The second-order valence-corrected chi connectivity index (χ2v) is 14.5. The van der Waals surface area contributed by atoms with Gasteiger partial charge in [0.2, 0.25) is 10.0 Å². The van der Waals surface area contributed by atoms with Gasteiger partial charge in [0.25, 0.3) is 10.0 Å². The molecule has 4 aromatic rings. The Hall–Kier alpha value is -4.15. The molecule has 0 amide bonds. The van der Waals surface area contributed by atoms with Crippen LogP contribution in [0, 0.1) is 11.6 Å². The van der Waals surface area contributed by atoms with Gasteiger partial charge in [-0.1, -0.05) is 26.0 Å². The zero-order chi connectivity index (χ0) is 34.7. The van der Waals surface area contributed by atoms with Crippen LogP contribution in [0.2, 0.25) is 0 Å². The summed E-state index contributed by atoms with van der Waals surface area (Å²) in [4.78, 5) is 10.6. The van der Waals surface area contributed by atoms with Crippen LogP contribution >= 0.6 is 0 Å². The Morgan fingerprint density at radius 1 is 0.851 bits per heavy atom. The fourth-order valence-corrected chi connectivity index (χ4v) is 7.57. The first kappa shape index (κ1) is 35.7. The third-order valence-electron chi connectivity index (χ3n) is 7.40. The van der Waals surface area contributed by atoms with E-state index in [9.17, 15) is 40.6 Å². The van der Waals surface area contributed by atoms with Crippen LogP contribution in [0.5, 0.6) is 0 Å². The zero-order valence-corrected chi connectivity index (χ0v) is 27.1. The average Bonchev–Trinajstić information content (AvgIpc) is 3.32. The molecule has 4 rings (SSSR count). The van der Waals surface area contributed by atoms with Gasteiger partial charge in [0.15, 0.2) is 0 Å². The normalized spacial score (nSPS) is 13.4. The Kier molecular flexibility index (Phi) is 10.9. The molecular weight excluding hydrogens is 656 g/mol. The molecule has 0 aliphatic heterocycles. The van der Waals surface area contributed by atoms with Crippen molar-refractivity contribution >= 4 is 31.7 Å². The summed E-state index contributed by atoms with van der Waals surface area (Å²) in [5.74, 6) is -2.82. The van der Waals surface area contributed by atoms with Crippen molar-refractivity contribution in [2.75, 3.05) is 4.72 Å². The van der Waals surface area contributed by atoms with E-state index in [0.29, 0.717) is 16.8 Å². The monoisotopic (exact) mass is 691 g/mol. The third kappa shape index (κ3) is 8.61. The number of aliphatic hydroxyl groups is 2. The fraction of sp³-hybridized carbons (Fsp3) is 0.281. The van der Waals surface area contributed by atoms with Crippen LogP contribution in [-0.2, 0) is 31.4 Å². The number of carboxylic acids is 1. The minimum absolute atomic E-state index is 0.00600. The number of primary sulfonamides is 1. The first-order valence-electron chi connectivity index (χ1n) is 14.5. The molecule has 0 fully saturated rings. The highest BCUT2D eigenvalue weighted by molar-refractivity contribution is 7.93. The number of carbonyl (C=O) groups is 1. The molecule has 3 aromatic carbocycles. The highest BCUT2D eigenvalue weighted by atomic mass is 32.2.